The molecule has 1 aliphatic rings. The van der Waals surface area contributed by atoms with Gasteiger partial charge >= 0.3 is 0 Å². The number of hydrogen-bond donors (Lipinski definition) is 0. The summed E-state index contributed by atoms with van der Waals surface area (Å²) in [5.41, 5.74) is 3.71. The quantitative estimate of drug-likeness (QED) is 0.480. The van der Waals surface area contributed by atoms with E-state index in [9.17, 15) is 4.79 Å². The van der Waals surface area contributed by atoms with Gasteiger partial charge in [-0.3, -0.25) is 4.79 Å². The Hall–Kier alpha value is -3.87. The van der Waals surface area contributed by atoms with E-state index in [0.29, 0.717) is 52.0 Å². The number of ether oxygens (including phenoxy) is 6. The minimum atomic E-state index is -0.208. The molecule has 3 aromatic carbocycles. The molecule has 0 N–H and O–H groups in total. The Morgan fingerprint density at radius 2 is 1.15 bits per heavy atom. The van der Waals surface area contributed by atoms with Crippen molar-refractivity contribution in [3.63, 3.8) is 0 Å². The zero-order valence-electron chi connectivity index (χ0n) is 20.2. The maximum absolute atomic E-state index is 13.7. The Labute approximate surface area is 199 Å². The highest BCUT2D eigenvalue weighted by Crippen LogP contribution is 2.48. The van der Waals surface area contributed by atoms with Crippen LogP contribution in [0.15, 0.2) is 42.5 Å². The minimum Gasteiger partial charge on any atom is -0.497 e. The maximum Gasteiger partial charge on any atom is 0.194 e. The number of carbonyl (C=O) groups is 1. The van der Waals surface area contributed by atoms with Crippen LogP contribution in [0.4, 0.5) is 0 Å². The lowest BCUT2D eigenvalue weighted by Crippen LogP contribution is -2.22. The monoisotopic (exact) mass is 464 g/mol. The molecule has 7 heteroatoms. The summed E-state index contributed by atoms with van der Waals surface area (Å²) < 4.78 is 33.2. The molecule has 34 heavy (non-hydrogen) atoms. The van der Waals surface area contributed by atoms with Crippen LogP contribution in [0.1, 0.15) is 38.5 Å². The Morgan fingerprint density at radius 1 is 0.588 bits per heavy atom. The molecule has 1 unspecified atom stereocenters. The van der Waals surface area contributed by atoms with E-state index in [1.54, 1.807) is 60.9 Å². The molecular weight excluding hydrogens is 436 g/mol. The SMILES string of the molecule is COc1cc(CC2c3cc(OC)c(OC)cc3C(=O)c3cc(OC)cc(OC)c32)cc(OC)c1. The number of hydrogen-bond acceptors (Lipinski definition) is 7. The summed E-state index contributed by atoms with van der Waals surface area (Å²) >= 11 is 0. The van der Waals surface area contributed by atoms with Crippen LogP contribution in [0, 0.1) is 0 Å². The van der Waals surface area contributed by atoms with E-state index >= 15 is 0 Å². The van der Waals surface area contributed by atoms with E-state index < -0.39 is 0 Å². The lowest BCUT2D eigenvalue weighted by Gasteiger charge is -2.30. The van der Waals surface area contributed by atoms with Gasteiger partial charge < -0.3 is 28.4 Å². The fraction of sp³-hybridized carbons (Fsp3) is 0.296. The number of carbonyl (C=O) groups excluding carboxylic acids is 1. The predicted octanol–water partition coefficient (Wildman–Crippen LogP) is 4.66. The fourth-order valence-electron chi connectivity index (χ4n) is 4.55. The van der Waals surface area contributed by atoms with Crippen molar-refractivity contribution < 1.29 is 33.2 Å². The van der Waals surface area contributed by atoms with E-state index in [2.05, 4.69) is 0 Å². The molecule has 3 aromatic rings. The highest BCUT2D eigenvalue weighted by atomic mass is 16.5. The zero-order chi connectivity index (χ0) is 24.4. The average molecular weight is 465 g/mol. The standard InChI is InChI=1S/C27H28O7/c1-29-16-7-15(8-17(10-16)30-2)9-20-19-13-23(32-4)24(33-5)14-21(19)27(28)22-11-18(31-3)12-25(34-6)26(20)22/h7-8,10-14,20H,9H2,1-6H3. The number of ketones is 1. The molecule has 0 heterocycles. The van der Waals surface area contributed by atoms with Gasteiger partial charge in [-0.15, -0.1) is 0 Å². The third-order valence-corrected chi connectivity index (χ3v) is 6.19. The molecule has 0 fully saturated rings. The van der Waals surface area contributed by atoms with E-state index in [1.807, 2.05) is 24.3 Å². The first-order valence-corrected chi connectivity index (χ1v) is 10.8. The second kappa shape index (κ2) is 9.55. The van der Waals surface area contributed by atoms with E-state index in [-0.39, 0.29) is 11.7 Å². The fourth-order valence-corrected chi connectivity index (χ4v) is 4.55. The van der Waals surface area contributed by atoms with Gasteiger partial charge in [-0.05, 0) is 47.9 Å². The zero-order valence-corrected chi connectivity index (χ0v) is 20.2. The smallest absolute Gasteiger partial charge is 0.194 e. The molecule has 1 aliphatic carbocycles. The van der Waals surface area contributed by atoms with Crippen molar-refractivity contribution >= 4 is 5.78 Å². The van der Waals surface area contributed by atoms with Crippen LogP contribution in [0.25, 0.3) is 0 Å². The summed E-state index contributed by atoms with van der Waals surface area (Å²) in [5, 5.41) is 0. The molecule has 4 rings (SSSR count). The highest BCUT2D eigenvalue weighted by molar-refractivity contribution is 6.14. The Kier molecular flexibility index (Phi) is 6.54. The van der Waals surface area contributed by atoms with Crippen molar-refractivity contribution in [1.82, 2.24) is 0 Å². The first-order valence-electron chi connectivity index (χ1n) is 10.8. The second-order valence-corrected chi connectivity index (χ2v) is 7.89. The third kappa shape index (κ3) is 3.98. The summed E-state index contributed by atoms with van der Waals surface area (Å²) in [7, 11) is 9.53. The van der Waals surface area contributed by atoms with E-state index in [0.717, 1.165) is 16.7 Å². The summed E-state index contributed by atoms with van der Waals surface area (Å²) in [6.45, 7) is 0. The normalized spacial score (nSPS) is 14.1. The molecular formula is C27H28O7. The van der Waals surface area contributed by atoms with Crippen molar-refractivity contribution in [2.24, 2.45) is 0 Å². The Morgan fingerprint density at radius 3 is 1.71 bits per heavy atom. The van der Waals surface area contributed by atoms with Crippen LogP contribution in [0.5, 0.6) is 34.5 Å². The van der Waals surface area contributed by atoms with Gasteiger partial charge in [0.1, 0.15) is 23.0 Å². The third-order valence-electron chi connectivity index (χ3n) is 6.19. The van der Waals surface area contributed by atoms with Crippen molar-refractivity contribution in [2.45, 2.75) is 12.3 Å². The van der Waals surface area contributed by atoms with Crippen LogP contribution >= 0.6 is 0 Å². The van der Waals surface area contributed by atoms with Crippen LogP contribution in [-0.2, 0) is 6.42 Å². The molecule has 0 aliphatic heterocycles. The molecule has 0 radical (unpaired) electrons. The molecule has 0 amide bonds. The van der Waals surface area contributed by atoms with Crippen molar-refractivity contribution in [3.05, 3.63) is 70.3 Å². The van der Waals surface area contributed by atoms with Gasteiger partial charge in [-0.2, -0.15) is 0 Å². The van der Waals surface area contributed by atoms with Gasteiger partial charge in [0.25, 0.3) is 0 Å². The Balaban J connectivity index is 1.97. The van der Waals surface area contributed by atoms with Gasteiger partial charge in [-0.1, -0.05) is 0 Å². The summed E-state index contributed by atoms with van der Waals surface area (Å²) in [4.78, 5) is 13.7. The maximum atomic E-state index is 13.7. The van der Waals surface area contributed by atoms with Gasteiger partial charge in [0, 0.05) is 34.7 Å². The van der Waals surface area contributed by atoms with Crippen LogP contribution in [-0.4, -0.2) is 48.4 Å². The summed E-state index contributed by atoms with van der Waals surface area (Å²) in [6.07, 6.45) is 0.568. The molecule has 0 aromatic heterocycles. The molecule has 0 spiro atoms. The lowest BCUT2D eigenvalue weighted by molar-refractivity contribution is 0.103. The number of rotatable bonds is 8. The van der Waals surface area contributed by atoms with E-state index in [4.69, 9.17) is 28.4 Å². The summed E-state index contributed by atoms with van der Waals surface area (Å²) in [5.74, 6) is 3.24. The van der Waals surface area contributed by atoms with Crippen LogP contribution in [0.2, 0.25) is 0 Å². The molecule has 0 saturated carbocycles. The molecule has 7 nitrogen and oxygen atoms in total. The van der Waals surface area contributed by atoms with Crippen molar-refractivity contribution in [3.8, 4) is 34.5 Å². The topological polar surface area (TPSA) is 72.5 Å². The number of methoxy groups -OCH3 is 6. The van der Waals surface area contributed by atoms with Crippen LogP contribution in [0.3, 0.4) is 0 Å². The second-order valence-electron chi connectivity index (χ2n) is 7.89. The number of benzene rings is 3. The highest BCUT2D eigenvalue weighted by Gasteiger charge is 2.36. The predicted molar refractivity (Wildman–Crippen MR) is 128 cm³/mol. The molecule has 178 valence electrons. The van der Waals surface area contributed by atoms with Gasteiger partial charge in [0.15, 0.2) is 17.3 Å². The average Bonchev–Trinajstić information content (AvgIpc) is 2.88. The van der Waals surface area contributed by atoms with Gasteiger partial charge in [0.2, 0.25) is 0 Å². The first kappa shape index (κ1) is 23.3. The largest absolute Gasteiger partial charge is 0.497 e. The first-order chi connectivity index (χ1) is 16.5. The number of fused-ring (bicyclic) bond motifs is 2. The Bertz CT molecular complexity index is 1210. The minimum absolute atomic E-state index is 0.123. The molecule has 0 saturated heterocycles. The van der Waals surface area contributed by atoms with Gasteiger partial charge in [-0.25, -0.2) is 0 Å². The van der Waals surface area contributed by atoms with Crippen molar-refractivity contribution in [2.75, 3.05) is 42.7 Å². The lowest BCUT2D eigenvalue weighted by atomic mass is 9.74. The van der Waals surface area contributed by atoms with Crippen molar-refractivity contribution in [1.29, 1.82) is 0 Å². The van der Waals surface area contributed by atoms with Gasteiger partial charge in [0.05, 0.1) is 42.7 Å². The van der Waals surface area contributed by atoms with E-state index in [1.165, 1.54) is 0 Å². The molecule has 1 atom stereocenters. The molecule has 0 bridgehead atoms. The summed E-state index contributed by atoms with van der Waals surface area (Å²) in [6, 6.07) is 12.9. The van der Waals surface area contributed by atoms with Crippen LogP contribution < -0.4 is 28.4 Å².